The van der Waals surface area contributed by atoms with Gasteiger partial charge in [0, 0.05) is 17.2 Å². The minimum atomic E-state index is -0.222. The molecule has 0 radical (unpaired) electrons. The third-order valence-electron chi connectivity index (χ3n) is 2.81. The van der Waals surface area contributed by atoms with Gasteiger partial charge in [-0.25, -0.2) is 0 Å². The second-order valence-corrected chi connectivity index (χ2v) is 5.75. The van der Waals surface area contributed by atoms with E-state index in [1.165, 1.54) is 0 Å². The molecule has 4 nitrogen and oxygen atoms in total. The summed E-state index contributed by atoms with van der Waals surface area (Å²) in [4.78, 5) is 16.4. The molecule has 0 spiro atoms. The lowest BCUT2D eigenvalue weighted by Gasteiger charge is -2.12. The molecule has 2 rings (SSSR count). The van der Waals surface area contributed by atoms with Crippen molar-refractivity contribution < 1.29 is 4.79 Å². The van der Waals surface area contributed by atoms with Crippen LogP contribution >= 0.6 is 27.5 Å². The highest BCUT2D eigenvalue weighted by molar-refractivity contribution is 9.10. The second kappa shape index (κ2) is 7.43. The third kappa shape index (κ3) is 4.19. The van der Waals surface area contributed by atoms with Crippen LogP contribution < -0.4 is 10.6 Å². The van der Waals surface area contributed by atoms with Crippen LogP contribution in [0.5, 0.6) is 0 Å². The highest BCUT2D eigenvalue weighted by atomic mass is 79.9. The van der Waals surface area contributed by atoms with E-state index in [4.69, 9.17) is 11.6 Å². The van der Waals surface area contributed by atoms with Crippen LogP contribution in [0.3, 0.4) is 0 Å². The number of hydrogen-bond acceptors (Lipinski definition) is 3. The molecule has 0 saturated heterocycles. The normalized spacial score (nSPS) is 10.2. The van der Waals surface area contributed by atoms with Gasteiger partial charge in [-0.3, -0.25) is 9.78 Å². The van der Waals surface area contributed by atoms with E-state index in [1.807, 2.05) is 6.07 Å². The first kappa shape index (κ1) is 15.8. The van der Waals surface area contributed by atoms with E-state index in [1.54, 1.807) is 30.6 Å². The summed E-state index contributed by atoms with van der Waals surface area (Å²) in [5.74, 6) is -0.222. The lowest BCUT2D eigenvalue weighted by molar-refractivity contribution is 0.102. The SMILES string of the molecule is CCCNc1cnccc1C(=O)Nc1ccc(Br)cc1Cl. The Morgan fingerprint density at radius 2 is 2.14 bits per heavy atom. The van der Waals surface area contributed by atoms with Gasteiger partial charge in [0.05, 0.1) is 28.2 Å². The molecule has 0 bridgehead atoms. The number of carbonyl (C=O) groups excluding carboxylic acids is 1. The van der Waals surface area contributed by atoms with Crippen LogP contribution in [-0.2, 0) is 0 Å². The molecule has 0 aliphatic heterocycles. The number of anilines is 2. The van der Waals surface area contributed by atoms with Crippen LogP contribution in [-0.4, -0.2) is 17.4 Å². The minimum Gasteiger partial charge on any atom is -0.383 e. The van der Waals surface area contributed by atoms with Gasteiger partial charge in [-0.05, 0) is 30.7 Å². The highest BCUT2D eigenvalue weighted by Gasteiger charge is 2.13. The topological polar surface area (TPSA) is 54.0 Å². The largest absolute Gasteiger partial charge is 0.383 e. The van der Waals surface area contributed by atoms with Crippen molar-refractivity contribution in [3.63, 3.8) is 0 Å². The molecule has 1 aromatic carbocycles. The van der Waals surface area contributed by atoms with E-state index in [9.17, 15) is 4.79 Å². The van der Waals surface area contributed by atoms with Gasteiger partial charge in [-0.1, -0.05) is 34.5 Å². The Kier molecular flexibility index (Phi) is 5.59. The summed E-state index contributed by atoms with van der Waals surface area (Å²) in [6.45, 7) is 2.84. The van der Waals surface area contributed by atoms with Crippen molar-refractivity contribution in [1.29, 1.82) is 0 Å². The Labute approximate surface area is 137 Å². The fourth-order valence-electron chi connectivity index (χ4n) is 1.77. The van der Waals surface area contributed by atoms with Crippen molar-refractivity contribution in [3.8, 4) is 0 Å². The maximum Gasteiger partial charge on any atom is 0.257 e. The molecule has 1 aromatic heterocycles. The van der Waals surface area contributed by atoms with E-state index in [2.05, 4.69) is 38.5 Å². The number of nitrogens with zero attached hydrogens (tertiary/aromatic N) is 1. The Hall–Kier alpha value is -1.59. The Balaban J connectivity index is 2.20. The first-order valence-electron chi connectivity index (χ1n) is 6.56. The average Bonchev–Trinajstić information content (AvgIpc) is 2.48. The number of nitrogens with one attached hydrogen (secondary N) is 2. The summed E-state index contributed by atoms with van der Waals surface area (Å²) in [5.41, 5.74) is 1.82. The quantitative estimate of drug-likeness (QED) is 0.812. The van der Waals surface area contributed by atoms with E-state index in [-0.39, 0.29) is 5.91 Å². The molecule has 1 amide bonds. The standard InChI is InChI=1S/C15H15BrClN3O/c1-2-6-19-14-9-18-7-5-11(14)15(21)20-13-4-3-10(16)8-12(13)17/h3-5,7-9,19H,2,6H2,1H3,(H,20,21). The maximum absolute atomic E-state index is 12.4. The van der Waals surface area contributed by atoms with Crippen LogP contribution in [0, 0.1) is 0 Å². The first-order valence-corrected chi connectivity index (χ1v) is 7.73. The van der Waals surface area contributed by atoms with Crippen molar-refractivity contribution in [2.45, 2.75) is 13.3 Å². The van der Waals surface area contributed by atoms with Gasteiger partial charge >= 0.3 is 0 Å². The lowest BCUT2D eigenvalue weighted by atomic mass is 10.2. The van der Waals surface area contributed by atoms with Crippen LogP contribution in [0.2, 0.25) is 5.02 Å². The number of pyridine rings is 1. The molecule has 110 valence electrons. The zero-order chi connectivity index (χ0) is 15.2. The third-order valence-corrected chi connectivity index (χ3v) is 3.62. The van der Waals surface area contributed by atoms with E-state index >= 15 is 0 Å². The van der Waals surface area contributed by atoms with Gasteiger partial charge in [-0.15, -0.1) is 0 Å². The number of benzene rings is 1. The van der Waals surface area contributed by atoms with Gasteiger partial charge in [0.2, 0.25) is 0 Å². The van der Waals surface area contributed by atoms with E-state index < -0.39 is 0 Å². The van der Waals surface area contributed by atoms with E-state index in [0.717, 1.165) is 17.4 Å². The summed E-state index contributed by atoms with van der Waals surface area (Å²) in [6.07, 6.45) is 4.21. The number of amides is 1. The molecule has 2 N–H and O–H groups in total. The predicted octanol–water partition coefficient (Wildman–Crippen LogP) is 4.57. The van der Waals surface area contributed by atoms with Crippen LogP contribution in [0.4, 0.5) is 11.4 Å². The first-order chi connectivity index (χ1) is 10.1. The van der Waals surface area contributed by atoms with Gasteiger partial charge in [0.15, 0.2) is 0 Å². The summed E-state index contributed by atoms with van der Waals surface area (Å²) in [5, 5.41) is 6.48. The molecule has 0 aliphatic rings. The van der Waals surface area contributed by atoms with Crippen molar-refractivity contribution >= 4 is 44.8 Å². The van der Waals surface area contributed by atoms with Crippen molar-refractivity contribution in [3.05, 3.63) is 51.7 Å². The summed E-state index contributed by atoms with van der Waals surface area (Å²) in [6, 6.07) is 7.00. The number of aromatic nitrogens is 1. The monoisotopic (exact) mass is 367 g/mol. The molecule has 0 saturated carbocycles. The van der Waals surface area contributed by atoms with Crippen LogP contribution in [0.15, 0.2) is 41.1 Å². The Bertz CT molecular complexity index is 649. The number of hydrogen-bond donors (Lipinski definition) is 2. The molecule has 21 heavy (non-hydrogen) atoms. The van der Waals surface area contributed by atoms with Gasteiger partial charge in [0.1, 0.15) is 0 Å². The molecular formula is C15H15BrClN3O. The minimum absolute atomic E-state index is 0.222. The van der Waals surface area contributed by atoms with Gasteiger partial charge < -0.3 is 10.6 Å². The highest BCUT2D eigenvalue weighted by Crippen LogP contribution is 2.26. The van der Waals surface area contributed by atoms with E-state index in [0.29, 0.717) is 22.0 Å². The lowest BCUT2D eigenvalue weighted by Crippen LogP contribution is -2.15. The molecular weight excluding hydrogens is 354 g/mol. The molecule has 6 heteroatoms. The molecule has 1 heterocycles. The summed E-state index contributed by atoms with van der Waals surface area (Å²) < 4.78 is 0.861. The Morgan fingerprint density at radius 3 is 2.86 bits per heavy atom. The fourth-order valence-corrected chi connectivity index (χ4v) is 2.49. The maximum atomic E-state index is 12.4. The number of carbonyl (C=O) groups is 1. The van der Waals surface area contributed by atoms with Crippen LogP contribution in [0.25, 0.3) is 0 Å². The summed E-state index contributed by atoms with van der Waals surface area (Å²) >= 11 is 9.44. The number of halogens is 2. The van der Waals surface area contributed by atoms with Gasteiger partial charge in [-0.2, -0.15) is 0 Å². The van der Waals surface area contributed by atoms with Crippen LogP contribution in [0.1, 0.15) is 23.7 Å². The molecule has 0 fully saturated rings. The molecule has 0 unspecified atom stereocenters. The number of rotatable bonds is 5. The Morgan fingerprint density at radius 1 is 1.33 bits per heavy atom. The van der Waals surface area contributed by atoms with Gasteiger partial charge in [0.25, 0.3) is 5.91 Å². The summed E-state index contributed by atoms with van der Waals surface area (Å²) in [7, 11) is 0. The zero-order valence-electron chi connectivity index (χ0n) is 11.5. The molecule has 0 atom stereocenters. The van der Waals surface area contributed by atoms with Crippen molar-refractivity contribution in [2.75, 3.05) is 17.2 Å². The van der Waals surface area contributed by atoms with Crippen molar-refractivity contribution in [1.82, 2.24) is 4.98 Å². The zero-order valence-corrected chi connectivity index (χ0v) is 13.8. The smallest absolute Gasteiger partial charge is 0.257 e. The van der Waals surface area contributed by atoms with Crippen molar-refractivity contribution in [2.24, 2.45) is 0 Å². The predicted molar refractivity (Wildman–Crippen MR) is 90.1 cm³/mol. The molecule has 0 aliphatic carbocycles. The second-order valence-electron chi connectivity index (χ2n) is 4.43. The molecule has 2 aromatic rings. The fraction of sp³-hybridized carbons (Fsp3) is 0.200. The average molecular weight is 369 g/mol.